The molecule has 29 heavy (non-hydrogen) atoms. The molecule has 0 bridgehead atoms. The summed E-state index contributed by atoms with van der Waals surface area (Å²) in [5.74, 6) is 7.05. The number of carbonyl (C=O) groups excluding carboxylic acids is 1. The van der Waals surface area contributed by atoms with Gasteiger partial charge in [0.25, 0.3) is 0 Å². The van der Waals surface area contributed by atoms with Gasteiger partial charge in [-0.1, -0.05) is 11.8 Å². The van der Waals surface area contributed by atoms with E-state index >= 15 is 0 Å². The van der Waals surface area contributed by atoms with Crippen molar-refractivity contribution in [2.24, 2.45) is 0 Å². The fourth-order valence-corrected chi connectivity index (χ4v) is 2.99. The molecule has 0 fully saturated rings. The first kappa shape index (κ1) is 22.5. The zero-order valence-electron chi connectivity index (χ0n) is 17.8. The molecule has 0 radical (unpaired) electrons. The van der Waals surface area contributed by atoms with E-state index in [1.165, 1.54) is 7.11 Å². The molecule has 0 aliphatic heterocycles. The summed E-state index contributed by atoms with van der Waals surface area (Å²) in [7, 11) is 1.74. The van der Waals surface area contributed by atoms with E-state index < -0.39 is 15.0 Å². The van der Waals surface area contributed by atoms with E-state index in [0.29, 0.717) is 11.3 Å². The van der Waals surface area contributed by atoms with Gasteiger partial charge in [0.15, 0.2) is 12.5 Å². The van der Waals surface area contributed by atoms with Crippen molar-refractivity contribution in [3.05, 3.63) is 59.2 Å². The molecule has 0 spiro atoms. The molecule has 0 aliphatic rings. The van der Waals surface area contributed by atoms with Crippen molar-refractivity contribution in [1.82, 2.24) is 0 Å². The lowest BCUT2D eigenvalue weighted by Crippen LogP contribution is -2.29. The number of esters is 1. The zero-order chi connectivity index (χ0) is 21.4. The van der Waals surface area contributed by atoms with Crippen LogP contribution in [-0.4, -0.2) is 36.0 Å². The minimum Gasteiger partial charge on any atom is -0.468 e. The summed E-state index contributed by atoms with van der Waals surface area (Å²) in [5, 5.41) is 0.0202. The lowest BCUT2D eigenvalue weighted by molar-refractivity contribution is 0.0511. The van der Waals surface area contributed by atoms with Gasteiger partial charge in [0.05, 0.1) is 13.7 Å². The van der Waals surface area contributed by atoms with Crippen molar-refractivity contribution >= 4 is 15.0 Å². The Labute approximate surface area is 174 Å². The van der Waals surface area contributed by atoms with Gasteiger partial charge in [-0.15, -0.1) is 0 Å². The van der Waals surface area contributed by atoms with E-state index in [0.717, 1.165) is 16.9 Å². The molecule has 0 aliphatic carbocycles. The maximum Gasteiger partial charge on any atom is 0.544 e. The summed E-state index contributed by atoms with van der Waals surface area (Å²) in [6, 6.07) is 12.7. The Morgan fingerprint density at radius 2 is 1.62 bits per heavy atom. The van der Waals surface area contributed by atoms with E-state index in [1.807, 2.05) is 24.3 Å². The van der Waals surface area contributed by atoms with Gasteiger partial charge in [-0.05, 0) is 57.2 Å². The standard InChI is InChI=1S/C23H27O5Si/c1-23(2,3)29(6)28-21-15-18(11-14-20(21)22(24)26-5)8-7-17-9-12-19(13-10-17)27-16-25-4/h9-15H,16H2,1-6H3/q+1. The Hall–Kier alpha value is -2.75. The minimum absolute atomic E-state index is 0.0202. The first-order valence-electron chi connectivity index (χ1n) is 9.22. The summed E-state index contributed by atoms with van der Waals surface area (Å²) in [6.45, 7) is 8.67. The van der Waals surface area contributed by atoms with Gasteiger partial charge >= 0.3 is 15.0 Å². The fourth-order valence-electron chi connectivity index (χ4n) is 2.19. The predicted molar refractivity (Wildman–Crippen MR) is 115 cm³/mol. The molecule has 0 saturated carbocycles. The monoisotopic (exact) mass is 411 g/mol. The van der Waals surface area contributed by atoms with Gasteiger partial charge in [-0.3, -0.25) is 0 Å². The molecule has 0 amide bonds. The summed E-state index contributed by atoms with van der Waals surface area (Å²) in [5.41, 5.74) is 2.02. The second-order valence-electron chi connectivity index (χ2n) is 7.44. The number of methoxy groups -OCH3 is 2. The van der Waals surface area contributed by atoms with E-state index in [9.17, 15) is 4.79 Å². The lowest BCUT2D eigenvalue weighted by atomic mass is 10.1. The zero-order valence-corrected chi connectivity index (χ0v) is 18.8. The third kappa shape index (κ3) is 6.66. The summed E-state index contributed by atoms with van der Waals surface area (Å²) in [4.78, 5) is 12.1. The third-order valence-corrected chi connectivity index (χ3v) is 6.89. The molecule has 2 rings (SSSR count). The Morgan fingerprint density at radius 1 is 1.00 bits per heavy atom. The van der Waals surface area contributed by atoms with Gasteiger partial charge in [0.1, 0.15) is 16.4 Å². The summed E-state index contributed by atoms with van der Waals surface area (Å²) in [6.07, 6.45) is 0. The van der Waals surface area contributed by atoms with Crippen LogP contribution in [0, 0.1) is 11.8 Å². The topological polar surface area (TPSA) is 54.0 Å². The largest absolute Gasteiger partial charge is 0.544 e. The maximum atomic E-state index is 12.1. The lowest BCUT2D eigenvalue weighted by Gasteiger charge is -2.14. The smallest absolute Gasteiger partial charge is 0.468 e. The summed E-state index contributed by atoms with van der Waals surface area (Å²) < 4.78 is 21.3. The van der Waals surface area contributed by atoms with Gasteiger partial charge in [0, 0.05) is 24.3 Å². The molecule has 0 N–H and O–H groups in total. The second kappa shape index (κ2) is 10.1. The number of rotatable bonds is 6. The summed E-state index contributed by atoms with van der Waals surface area (Å²) >= 11 is 0. The Bertz CT molecular complexity index is 888. The van der Waals surface area contributed by atoms with Crippen molar-refractivity contribution in [3.8, 4) is 23.3 Å². The van der Waals surface area contributed by atoms with Crippen molar-refractivity contribution < 1.29 is 23.4 Å². The average molecular weight is 412 g/mol. The van der Waals surface area contributed by atoms with Gasteiger partial charge < -0.3 is 18.6 Å². The molecule has 0 aromatic heterocycles. The number of benzene rings is 2. The van der Waals surface area contributed by atoms with E-state index in [2.05, 4.69) is 39.2 Å². The number of hydrogen-bond acceptors (Lipinski definition) is 5. The minimum atomic E-state index is -1.20. The molecule has 0 heterocycles. The second-order valence-corrected chi connectivity index (χ2v) is 10.3. The Kier molecular flexibility index (Phi) is 7.88. The number of hydrogen-bond donors (Lipinski definition) is 0. The molecular weight excluding hydrogens is 384 g/mol. The molecule has 152 valence electrons. The fraction of sp³-hybridized carbons (Fsp3) is 0.348. The van der Waals surface area contributed by atoms with Crippen molar-refractivity contribution in [2.75, 3.05) is 21.0 Å². The maximum absolute atomic E-state index is 12.1. The SMILES string of the molecule is COCOc1ccc(C#Cc2ccc(C(=O)OC)c(O[Si+](C)C(C)(C)C)c2)cc1. The normalized spacial score (nSPS) is 10.6. The Morgan fingerprint density at radius 3 is 2.21 bits per heavy atom. The molecule has 2 aromatic rings. The van der Waals surface area contributed by atoms with Crippen LogP contribution in [0.2, 0.25) is 11.6 Å². The van der Waals surface area contributed by atoms with Crippen LogP contribution in [0.5, 0.6) is 11.5 Å². The molecule has 0 unspecified atom stereocenters. The van der Waals surface area contributed by atoms with Gasteiger partial charge in [-0.25, -0.2) is 4.79 Å². The van der Waals surface area contributed by atoms with Crippen molar-refractivity contribution in [1.29, 1.82) is 0 Å². The molecule has 5 nitrogen and oxygen atoms in total. The molecular formula is C23H27O5Si+. The highest BCUT2D eigenvalue weighted by Gasteiger charge is 2.42. The van der Waals surface area contributed by atoms with E-state index in [1.54, 1.807) is 25.3 Å². The number of carbonyl (C=O) groups is 1. The van der Waals surface area contributed by atoms with Crippen LogP contribution in [0.25, 0.3) is 0 Å². The highest BCUT2D eigenvalue weighted by Crippen LogP contribution is 2.31. The quantitative estimate of drug-likeness (QED) is 0.300. The molecule has 6 heteroatoms. The third-order valence-electron chi connectivity index (χ3n) is 4.26. The predicted octanol–water partition coefficient (Wildman–Crippen LogP) is 4.66. The number of ether oxygens (including phenoxy) is 3. The van der Waals surface area contributed by atoms with Crippen LogP contribution in [0.15, 0.2) is 42.5 Å². The van der Waals surface area contributed by atoms with Crippen molar-refractivity contribution in [3.63, 3.8) is 0 Å². The first-order valence-corrected chi connectivity index (χ1v) is 11.1. The molecule has 0 saturated heterocycles. The van der Waals surface area contributed by atoms with E-state index in [-0.39, 0.29) is 11.8 Å². The Balaban J connectivity index is 2.27. The van der Waals surface area contributed by atoms with Gasteiger partial charge in [0.2, 0.25) is 0 Å². The van der Waals surface area contributed by atoms with Crippen LogP contribution in [0.1, 0.15) is 42.3 Å². The highest BCUT2D eigenvalue weighted by atomic mass is 28.3. The highest BCUT2D eigenvalue weighted by molar-refractivity contribution is 6.54. The van der Waals surface area contributed by atoms with Crippen LogP contribution in [-0.2, 0) is 9.47 Å². The van der Waals surface area contributed by atoms with Crippen LogP contribution >= 0.6 is 0 Å². The van der Waals surface area contributed by atoms with Crippen LogP contribution in [0.4, 0.5) is 0 Å². The molecule has 2 aromatic carbocycles. The molecule has 0 atom stereocenters. The van der Waals surface area contributed by atoms with Crippen LogP contribution in [0.3, 0.4) is 0 Å². The van der Waals surface area contributed by atoms with Crippen LogP contribution < -0.4 is 9.16 Å². The average Bonchev–Trinajstić information content (AvgIpc) is 2.70. The van der Waals surface area contributed by atoms with Crippen molar-refractivity contribution in [2.45, 2.75) is 32.4 Å². The van der Waals surface area contributed by atoms with E-state index in [4.69, 9.17) is 18.6 Å². The van der Waals surface area contributed by atoms with Gasteiger partial charge in [-0.2, -0.15) is 0 Å². The first-order chi connectivity index (χ1) is 13.7.